The van der Waals surface area contributed by atoms with Crippen molar-refractivity contribution < 1.29 is 14.2 Å². The molecule has 3 aromatic rings. The highest BCUT2D eigenvalue weighted by Crippen LogP contribution is 2.21. The molecular formula is C23H25N3O3. The minimum atomic E-state index is 0.587. The molecule has 3 aromatic carbocycles. The molecule has 0 bridgehead atoms. The number of methoxy groups -OCH3 is 2. The summed E-state index contributed by atoms with van der Waals surface area (Å²) in [6.45, 7) is 2.59. The first-order valence-electron chi connectivity index (χ1n) is 9.34. The van der Waals surface area contributed by atoms with E-state index in [0.717, 1.165) is 34.3 Å². The van der Waals surface area contributed by atoms with Gasteiger partial charge in [0.05, 0.1) is 26.5 Å². The molecule has 0 fully saturated rings. The smallest absolute Gasteiger partial charge is 0.205 e. The second kappa shape index (κ2) is 10.0. The number of hydrogen-bond acceptors (Lipinski definition) is 4. The molecule has 29 heavy (non-hydrogen) atoms. The normalized spacial score (nSPS) is 10.0. The third-order valence-electron chi connectivity index (χ3n) is 4.09. The zero-order valence-electron chi connectivity index (χ0n) is 16.8. The van der Waals surface area contributed by atoms with E-state index in [9.17, 15) is 0 Å². The predicted octanol–water partition coefficient (Wildman–Crippen LogP) is 5.31. The van der Waals surface area contributed by atoms with Crippen LogP contribution in [-0.2, 0) is 0 Å². The van der Waals surface area contributed by atoms with Gasteiger partial charge >= 0.3 is 0 Å². The lowest BCUT2D eigenvalue weighted by molar-refractivity contribution is 0.340. The maximum atomic E-state index is 5.50. The highest BCUT2D eigenvalue weighted by molar-refractivity contribution is 6.04. The van der Waals surface area contributed by atoms with E-state index in [1.54, 1.807) is 14.2 Å². The molecule has 0 amide bonds. The van der Waals surface area contributed by atoms with Gasteiger partial charge in [-0.2, -0.15) is 0 Å². The Morgan fingerprint density at radius 1 is 0.690 bits per heavy atom. The van der Waals surface area contributed by atoms with Crippen LogP contribution in [0, 0.1) is 0 Å². The molecule has 0 aromatic heterocycles. The second-order valence-electron chi connectivity index (χ2n) is 6.09. The number of anilines is 2. The average molecular weight is 391 g/mol. The number of rotatable bonds is 7. The molecule has 0 saturated carbocycles. The molecule has 0 aliphatic heterocycles. The summed E-state index contributed by atoms with van der Waals surface area (Å²) in [4.78, 5) is 4.71. The van der Waals surface area contributed by atoms with E-state index in [-0.39, 0.29) is 0 Å². The van der Waals surface area contributed by atoms with Crippen LogP contribution in [0.2, 0.25) is 0 Å². The van der Waals surface area contributed by atoms with E-state index in [4.69, 9.17) is 19.2 Å². The first kappa shape index (κ1) is 20.1. The molecule has 2 N–H and O–H groups in total. The molecular weight excluding hydrogens is 366 g/mol. The van der Waals surface area contributed by atoms with Crippen molar-refractivity contribution in [3.63, 3.8) is 0 Å². The minimum Gasteiger partial charge on any atom is -0.497 e. The minimum absolute atomic E-state index is 0.587. The van der Waals surface area contributed by atoms with Crippen molar-refractivity contribution in [2.75, 3.05) is 31.5 Å². The maximum absolute atomic E-state index is 5.50. The van der Waals surface area contributed by atoms with Gasteiger partial charge < -0.3 is 24.8 Å². The lowest BCUT2D eigenvalue weighted by Gasteiger charge is -2.14. The Bertz CT molecular complexity index is 870. The van der Waals surface area contributed by atoms with Crippen molar-refractivity contribution >= 4 is 23.0 Å². The van der Waals surface area contributed by atoms with Crippen LogP contribution in [-0.4, -0.2) is 26.8 Å². The fourth-order valence-corrected chi connectivity index (χ4v) is 2.62. The van der Waals surface area contributed by atoms with Crippen LogP contribution >= 0.6 is 0 Å². The van der Waals surface area contributed by atoms with Gasteiger partial charge in [0.25, 0.3) is 0 Å². The van der Waals surface area contributed by atoms with Gasteiger partial charge in [-0.25, -0.2) is 4.99 Å². The molecule has 0 heterocycles. The molecule has 6 heteroatoms. The molecule has 0 atom stereocenters. The van der Waals surface area contributed by atoms with Gasteiger partial charge in [-0.3, -0.25) is 0 Å². The number of aliphatic imine (C=N–C) groups is 1. The van der Waals surface area contributed by atoms with Crippen molar-refractivity contribution in [3.05, 3.63) is 72.8 Å². The second-order valence-corrected chi connectivity index (χ2v) is 6.09. The summed E-state index contributed by atoms with van der Waals surface area (Å²) < 4.78 is 15.9. The number of nitrogens with zero attached hydrogens (tertiary/aromatic N) is 1. The standard InChI is InChI=1S/C23H25N3O3/c1-4-29-22-15-9-19(10-16-22)26-23(24-17-5-11-20(27-2)12-6-17)25-18-7-13-21(28-3)14-8-18/h5-16H,4H2,1-3H3,(H2,24,25,26). The Kier molecular flexibility index (Phi) is 6.95. The Hall–Kier alpha value is -3.67. The lowest BCUT2D eigenvalue weighted by Crippen LogP contribution is -2.21. The van der Waals surface area contributed by atoms with E-state index in [1.807, 2.05) is 79.7 Å². The molecule has 3 rings (SSSR count). The largest absolute Gasteiger partial charge is 0.497 e. The SMILES string of the molecule is CCOc1ccc(N=C(Nc2ccc(OC)cc2)Nc2ccc(OC)cc2)cc1. The van der Waals surface area contributed by atoms with Crippen molar-refractivity contribution in [3.8, 4) is 17.2 Å². The number of nitrogens with one attached hydrogen (secondary N) is 2. The quantitative estimate of drug-likeness (QED) is 0.422. The molecule has 6 nitrogen and oxygen atoms in total. The van der Waals surface area contributed by atoms with Gasteiger partial charge in [0.2, 0.25) is 5.96 Å². The Labute approximate surface area is 171 Å². The van der Waals surface area contributed by atoms with E-state index in [0.29, 0.717) is 12.6 Å². The van der Waals surface area contributed by atoms with Gasteiger partial charge in [-0.05, 0) is 79.7 Å². The first-order valence-corrected chi connectivity index (χ1v) is 9.34. The van der Waals surface area contributed by atoms with Crippen LogP contribution in [0.25, 0.3) is 0 Å². The van der Waals surface area contributed by atoms with Crippen LogP contribution < -0.4 is 24.8 Å². The molecule has 0 saturated heterocycles. The highest BCUT2D eigenvalue weighted by Gasteiger charge is 2.04. The fraction of sp³-hybridized carbons (Fsp3) is 0.174. The maximum Gasteiger partial charge on any atom is 0.205 e. The third-order valence-corrected chi connectivity index (χ3v) is 4.09. The van der Waals surface area contributed by atoms with E-state index >= 15 is 0 Å². The van der Waals surface area contributed by atoms with Gasteiger partial charge in [0.1, 0.15) is 17.2 Å². The van der Waals surface area contributed by atoms with Crippen molar-refractivity contribution in [2.24, 2.45) is 4.99 Å². The zero-order valence-corrected chi connectivity index (χ0v) is 16.8. The summed E-state index contributed by atoms with van der Waals surface area (Å²) in [5.41, 5.74) is 2.57. The first-order chi connectivity index (χ1) is 14.2. The van der Waals surface area contributed by atoms with Crippen LogP contribution in [0.4, 0.5) is 17.1 Å². The van der Waals surface area contributed by atoms with E-state index in [2.05, 4.69) is 10.6 Å². The van der Waals surface area contributed by atoms with Crippen LogP contribution in [0.5, 0.6) is 17.2 Å². The van der Waals surface area contributed by atoms with Gasteiger partial charge in [0, 0.05) is 11.4 Å². The topological polar surface area (TPSA) is 64.1 Å². The zero-order chi connectivity index (χ0) is 20.5. The molecule has 0 aliphatic rings. The fourth-order valence-electron chi connectivity index (χ4n) is 2.62. The Balaban J connectivity index is 1.84. The van der Waals surface area contributed by atoms with E-state index in [1.165, 1.54) is 0 Å². The summed E-state index contributed by atoms with van der Waals surface area (Å²) in [7, 11) is 3.29. The molecule has 150 valence electrons. The van der Waals surface area contributed by atoms with Gasteiger partial charge in [-0.15, -0.1) is 0 Å². The Morgan fingerprint density at radius 2 is 1.14 bits per heavy atom. The number of guanidine groups is 1. The summed E-state index contributed by atoms with van der Waals surface area (Å²) in [5, 5.41) is 6.63. The number of ether oxygens (including phenoxy) is 3. The van der Waals surface area contributed by atoms with Crippen LogP contribution in [0.15, 0.2) is 77.8 Å². The van der Waals surface area contributed by atoms with Crippen molar-refractivity contribution in [2.45, 2.75) is 6.92 Å². The molecule has 0 radical (unpaired) electrons. The molecule has 0 spiro atoms. The molecule has 0 unspecified atom stereocenters. The van der Waals surface area contributed by atoms with Crippen LogP contribution in [0.3, 0.4) is 0 Å². The van der Waals surface area contributed by atoms with Crippen molar-refractivity contribution in [1.82, 2.24) is 0 Å². The predicted molar refractivity (Wildman–Crippen MR) is 118 cm³/mol. The monoisotopic (exact) mass is 391 g/mol. The van der Waals surface area contributed by atoms with Crippen LogP contribution in [0.1, 0.15) is 6.92 Å². The molecule has 0 aliphatic carbocycles. The third kappa shape index (κ3) is 5.90. The summed E-state index contributed by atoms with van der Waals surface area (Å²) in [6, 6.07) is 22.9. The van der Waals surface area contributed by atoms with Gasteiger partial charge in [0.15, 0.2) is 0 Å². The van der Waals surface area contributed by atoms with Gasteiger partial charge in [-0.1, -0.05) is 0 Å². The summed E-state index contributed by atoms with van der Waals surface area (Å²) >= 11 is 0. The summed E-state index contributed by atoms with van der Waals surface area (Å²) in [5.74, 6) is 3.00. The number of hydrogen-bond donors (Lipinski definition) is 2. The Morgan fingerprint density at radius 3 is 1.55 bits per heavy atom. The highest BCUT2D eigenvalue weighted by atomic mass is 16.5. The summed E-state index contributed by atoms with van der Waals surface area (Å²) in [6.07, 6.45) is 0. The lowest BCUT2D eigenvalue weighted by atomic mass is 10.3. The average Bonchev–Trinajstić information content (AvgIpc) is 2.76. The number of benzene rings is 3. The van der Waals surface area contributed by atoms with E-state index < -0.39 is 0 Å². The van der Waals surface area contributed by atoms with Crippen molar-refractivity contribution in [1.29, 1.82) is 0 Å².